The minimum Gasteiger partial charge on any atom is -0.493 e. The highest BCUT2D eigenvalue weighted by molar-refractivity contribution is 6.00. The maximum Gasteiger partial charge on any atom is 0.360 e. The molecule has 0 bridgehead atoms. The van der Waals surface area contributed by atoms with Crippen molar-refractivity contribution in [2.45, 2.75) is 45.6 Å². The number of aryl methyl sites for hydroxylation is 2. The topological polar surface area (TPSA) is 92.6 Å². The predicted molar refractivity (Wildman–Crippen MR) is 127 cm³/mol. The molecule has 0 spiro atoms. The van der Waals surface area contributed by atoms with Gasteiger partial charge in [-0.25, -0.2) is 9.59 Å². The molecule has 3 N–H and O–H groups in total. The molecule has 32 heavy (non-hydrogen) atoms. The van der Waals surface area contributed by atoms with Gasteiger partial charge in [-0.1, -0.05) is 24.1 Å². The third kappa shape index (κ3) is 5.29. The maximum absolute atomic E-state index is 12.5. The Morgan fingerprint density at radius 3 is 2.69 bits per heavy atom. The zero-order chi connectivity index (χ0) is 22.5. The van der Waals surface area contributed by atoms with Gasteiger partial charge in [0.2, 0.25) is 0 Å². The molecule has 0 radical (unpaired) electrons. The Bertz CT molecular complexity index is 1150. The quantitative estimate of drug-likeness (QED) is 0.476. The van der Waals surface area contributed by atoms with Gasteiger partial charge in [0.15, 0.2) is 0 Å². The Morgan fingerprint density at radius 1 is 1.12 bits per heavy atom. The van der Waals surface area contributed by atoms with Gasteiger partial charge in [0.25, 0.3) is 0 Å². The molecule has 1 atom stereocenters. The Labute approximate surface area is 187 Å². The zero-order valence-electron chi connectivity index (χ0n) is 18.5. The van der Waals surface area contributed by atoms with Crippen LogP contribution in [-0.4, -0.2) is 25.2 Å². The van der Waals surface area contributed by atoms with E-state index in [2.05, 4.69) is 16.0 Å². The summed E-state index contributed by atoms with van der Waals surface area (Å²) < 4.78 is 11.5. The zero-order valence-corrected chi connectivity index (χ0v) is 18.5. The van der Waals surface area contributed by atoms with E-state index in [1.165, 1.54) is 19.3 Å². The highest BCUT2D eigenvalue weighted by Gasteiger charge is 2.15. The molecule has 4 rings (SSSR count). The van der Waals surface area contributed by atoms with Gasteiger partial charge in [0.05, 0.1) is 6.61 Å². The fourth-order valence-corrected chi connectivity index (χ4v) is 3.95. The second-order valence-corrected chi connectivity index (χ2v) is 8.28. The van der Waals surface area contributed by atoms with Crippen molar-refractivity contribution >= 4 is 28.4 Å². The number of amides is 2. The van der Waals surface area contributed by atoms with Crippen LogP contribution in [0.25, 0.3) is 11.0 Å². The number of carbonyl (C=O) groups is 1. The van der Waals surface area contributed by atoms with Gasteiger partial charge in [-0.15, -0.1) is 0 Å². The largest absolute Gasteiger partial charge is 0.493 e. The molecular weight excluding hydrogens is 406 g/mol. The number of carbonyl (C=O) groups excluding carboxylic acids is 1. The summed E-state index contributed by atoms with van der Waals surface area (Å²) in [5.41, 5.74) is 2.44. The average Bonchev–Trinajstić information content (AvgIpc) is 2.79. The molecule has 1 aromatic heterocycles. The van der Waals surface area contributed by atoms with Crippen LogP contribution in [0.5, 0.6) is 5.75 Å². The van der Waals surface area contributed by atoms with Crippen LogP contribution >= 0.6 is 0 Å². The maximum atomic E-state index is 12.5. The van der Waals surface area contributed by atoms with E-state index in [-0.39, 0.29) is 5.69 Å². The van der Waals surface area contributed by atoms with Crippen LogP contribution in [0.3, 0.4) is 0 Å². The number of ether oxygens (including phenoxy) is 1. The van der Waals surface area contributed by atoms with E-state index in [1.54, 1.807) is 18.2 Å². The molecule has 168 valence electrons. The summed E-state index contributed by atoms with van der Waals surface area (Å²) in [4.78, 5) is 24.8. The van der Waals surface area contributed by atoms with Crippen LogP contribution in [0.15, 0.2) is 51.7 Å². The van der Waals surface area contributed by atoms with Crippen LogP contribution in [0.4, 0.5) is 16.2 Å². The predicted octanol–water partition coefficient (Wildman–Crippen LogP) is 4.96. The average molecular weight is 436 g/mol. The molecular formula is C25H29N3O4. The van der Waals surface area contributed by atoms with Gasteiger partial charge in [0, 0.05) is 22.7 Å². The summed E-state index contributed by atoms with van der Waals surface area (Å²) in [6.07, 6.45) is 4.63. The normalized spacial score (nSPS) is 16.0. The molecule has 2 aromatic carbocycles. The lowest BCUT2D eigenvalue weighted by Gasteiger charge is -2.23. The lowest BCUT2D eigenvalue weighted by Crippen LogP contribution is -2.35. The first kappa shape index (κ1) is 21.9. The summed E-state index contributed by atoms with van der Waals surface area (Å²) in [6.45, 7) is 5.52. The van der Waals surface area contributed by atoms with Gasteiger partial charge in [-0.2, -0.15) is 0 Å². The van der Waals surface area contributed by atoms with Gasteiger partial charge in [0.1, 0.15) is 17.0 Å². The van der Waals surface area contributed by atoms with E-state index >= 15 is 0 Å². The van der Waals surface area contributed by atoms with Crippen molar-refractivity contribution in [3.8, 4) is 5.75 Å². The second kappa shape index (κ2) is 9.87. The van der Waals surface area contributed by atoms with E-state index in [9.17, 15) is 9.59 Å². The van der Waals surface area contributed by atoms with Crippen LogP contribution in [0.2, 0.25) is 0 Å². The smallest absolute Gasteiger partial charge is 0.360 e. The summed E-state index contributed by atoms with van der Waals surface area (Å²) in [7, 11) is 0. The number of hydrogen-bond donors (Lipinski definition) is 3. The standard InChI is InChI=1S/C25H29N3O4/c1-16-6-9-20(10-7-16)27-25(30)28-21-15-18-8-11-22(17(2)23(18)32-24(21)29)31-14-12-19-5-3-4-13-26-19/h6-11,15,19,26H,3-5,12-14H2,1-2H3,(H2,27,28,30). The first-order valence-corrected chi connectivity index (χ1v) is 11.1. The number of nitrogens with one attached hydrogen (secondary N) is 3. The summed E-state index contributed by atoms with van der Waals surface area (Å²) >= 11 is 0. The van der Waals surface area contributed by atoms with Crippen LogP contribution in [0, 0.1) is 13.8 Å². The second-order valence-electron chi connectivity index (χ2n) is 8.28. The highest BCUT2D eigenvalue weighted by atomic mass is 16.5. The molecule has 1 aliphatic heterocycles. The van der Waals surface area contributed by atoms with E-state index in [0.717, 1.165) is 24.1 Å². The fourth-order valence-electron chi connectivity index (χ4n) is 3.95. The number of urea groups is 1. The molecule has 2 heterocycles. The van der Waals surface area contributed by atoms with Crippen LogP contribution in [-0.2, 0) is 0 Å². The van der Waals surface area contributed by atoms with Gasteiger partial charge >= 0.3 is 11.7 Å². The van der Waals surface area contributed by atoms with Crippen molar-refractivity contribution in [3.63, 3.8) is 0 Å². The molecule has 1 aliphatic rings. The Kier molecular flexibility index (Phi) is 6.75. The third-order valence-corrected chi connectivity index (χ3v) is 5.80. The Hall–Kier alpha value is -3.32. The Morgan fingerprint density at radius 2 is 1.94 bits per heavy atom. The third-order valence-electron chi connectivity index (χ3n) is 5.80. The van der Waals surface area contributed by atoms with Crippen molar-refractivity contribution in [3.05, 3.63) is 64.0 Å². The molecule has 1 fully saturated rings. The molecule has 3 aromatic rings. The first-order valence-electron chi connectivity index (χ1n) is 11.1. The summed E-state index contributed by atoms with van der Waals surface area (Å²) in [5, 5.41) is 9.52. The molecule has 1 saturated heterocycles. The van der Waals surface area contributed by atoms with Gasteiger partial charge in [-0.05, 0) is 70.0 Å². The number of hydrogen-bond acceptors (Lipinski definition) is 5. The van der Waals surface area contributed by atoms with Crippen molar-refractivity contribution in [2.75, 3.05) is 23.8 Å². The lowest BCUT2D eigenvalue weighted by atomic mass is 10.0. The van der Waals surface area contributed by atoms with Crippen molar-refractivity contribution < 1.29 is 13.9 Å². The van der Waals surface area contributed by atoms with Crippen molar-refractivity contribution in [1.82, 2.24) is 5.32 Å². The SMILES string of the molecule is Cc1ccc(NC(=O)Nc2cc3ccc(OCCC4CCCCN4)c(C)c3oc2=O)cc1. The number of benzene rings is 2. The van der Waals surface area contributed by atoms with E-state index in [1.807, 2.05) is 38.1 Å². The van der Waals surface area contributed by atoms with E-state index < -0.39 is 11.7 Å². The number of rotatable bonds is 6. The number of piperidine rings is 1. The van der Waals surface area contributed by atoms with Gasteiger partial charge < -0.3 is 25.1 Å². The molecule has 1 unspecified atom stereocenters. The lowest BCUT2D eigenvalue weighted by molar-refractivity contribution is 0.262. The molecule has 2 amide bonds. The molecule has 7 heteroatoms. The molecule has 0 saturated carbocycles. The minimum atomic E-state index is -0.608. The van der Waals surface area contributed by atoms with Crippen LogP contribution < -0.4 is 26.3 Å². The monoisotopic (exact) mass is 435 g/mol. The molecule has 0 aliphatic carbocycles. The summed E-state index contributed by atoms with van der Waals surface area (Å²) in [6, 6.07) is 12.7. The summed E-state index contributed by atoms with van der Waals surface area (Å²) in [5.74, 6) is 0.703. The minimum absolute atomic E-state index is 0.0820. The van der Waals surface area contributed by atoms with Crippen molar-refractivity contribution in [2.24, 2.45) is 0 Å². The number of anilines is 2. The van der Waals surface area contributed by atoms with E-state index in [0.29, 0.717) is 35.1 Å². The number of fused-ring (bicyclic) bond motifs is 1. The van der Waals surface area contributed by atoms with E-state index in [4.69, 9.17) is 9.15 Å². The molecule has 7 nitrogen and oxygen atoms in total. The fraction of sp³-hybridized carbons (Fsp3) is 0.360. The van der Waals surface area contributed by atoms with Crippen molar-refractivity contribution in [1.29, 1.82) is 0 Å². The van der Waals surface area contributed by atoms with Crippen LogP contribution in [0.1, 0.15) is 36.8 Å². The Balaban J connectivity index is 1.43. The first-order chi connectivity index (χ1) is 15.5. The highest BCUT2D eigenvalue weighted by Crippen LogP contribution is 2.28. The van der Waals surface area contributed by atoms with Gasteiger partial charge in [-0.3, -0.25) is 0 Å².